The van der Waals surface area contributed by atoms with Gasteiger partial charge in [-0.1, -0.05) is 17.3 Å². The van der Waals surface area contributed by atoms with Gasteiger partial charge in [0.15, 0.2) is 0 Å². The molecule has 0 amide bonds. The highest BCUT2D eigenvalue weighted by Crippen LogP contribution is 2.31. The molecule has 3 aromatic rings. The van der Waals surface area contributed by atoms with Crippen LogP contribution in [0.2, 0.25) is 0 Å². The van der Waals surface area contributed by atoms with Gasteiger partial charge in [-0.3, -0.25) is 0 Å². The molecule has 0 bridgehead atoms. The maximum atomic E-state index is 5.52. The van der Waals surface area contributed by atoms with Gasteiger partial charge in [0, 0.05) is 10.9 Å². The quantitative estimate of drug-likeness (QED) is 0.630. The molecule has 0 N–H and O–H groups in total. The Morgan fingerprint density at radius 1 is 1.12 bits per heavy atom. The summed E-state index contributed by atoms with van der Waals surface area (Å²) in [5.41, 5.74) is 5.11. The summed E-state index contributed by atoms with van der Waals surface area (Å²) in [6, 6.07) is 6.20. The molecule has 0 aliphatic carbocycles. The van der Waals surface area contributed by atoms with Gasteiger partial charge in [-0.2, -0.15) is 0 Å². The fourth-order valence-electron chi connectivity index (χ4n) is 2.21. The summed E-state index contributed by atoms with van der Waals surface area (Å²) in [6.07, 6.45) is 1.78. The fraction of sp³-hybridized carbons (Fsp3) is 0.214. The van der Waals surface area contributed by atoms with Gasteiger partial charge in [-0.25, -0.2) is 0 Å². The highest BCUT2D eigenvalue weighted by atomic mass is 16.5. The van der Waals surface area contributed by atoms with Gasteiger partial charge in [0.1, 0.15) is 11.3 Å². The molecule has 3 nitrogen and oxygen atoms in total. The average molecular weight is 227 g/mol. The number of nitrogens with zero attached hydrogens (tertiary/aromatic N) is 1. The largest absolute Gasteiger partial charge is 0.464 e. The van der Waals surface area contributed by atoms with Crippen molar-refractivity contribution in [1.29, 1.82) is 0 Å². The third-order valence-electron chi connectivity index (χ3n) is 3.09. The van der Waals surface area contributed by atoms with Crippen LogP contribution in [-0.4, -0.2) is 5.16 Å². The topological polar surface area (TPSA) is 39.2 Å². The van der Waals surface area contributed by atoms with Gasteiger partial charge in [0.25, 0.3) is 0 Å². The lowest BCUT2D eigenvalue weighted by atomic mass is 10.0. The second-order valence-corrected chi connectivity index (χ2v) is 4.33. The van der Waals surface area contributed by atoms with E-state index in [1.165, 1.54) is 0 Å². The molecule has 0 saturated carbocycles. The summed E-state index contributed by atoms with van der Waals surface area (Å²) in [6.45, 7) is 5.91. The second kappa shape index (κ2) is 3.48. The van der Waals surface area contributed by atoms with Gasteiger partial charge >= 0.3 is 0 Å². The Hall–Kier alpha value is -2.03. The van der Waals surface area contributed by atoms with Gasteiger partial charge < -0.3 is 8.94 Å². The zero-order valence-electron chi connectivity index (χ0n) is 10.1. The van der Waals surface area contributed by atoms with Crippen molar-refractivity contribution >= 4 is 11.0 Å². The van der Waals surface area contributed by atoms with E-state index in [0.717, 1.165) is 39.1 Å². The van der Waals surface area contributed by atoms with Crippen molar-refractivity contribution in [2.45, 2.75) is 20.8 Å². The van der Waals surface area contributed by atoms with E-state index in [9.17, 15) is 0 Å². The lowest BCUT2D eigenvalue weighted by molar-refractivity contribution is 0.393. The van der Waals surface area contributed by atoms with Crippen molar-refractivity contribution in [3.63, 3.8) is 0 Å². The minimum Gasteiger partial charge on any atom is -0.464 e. The van der Waals surface area contributed by atoms with Gasteiger partial charge in [0.2, 0.25) is 0 Å². The first-order valence-corrected chi connectivity index (χ1v) is 5.58. The van der Waals surface area contributed by atoms with Crippen LogP contribution in [0.1, 0.15) is 17.0 Å². The predicted molar refractivity (Wildman–Crippen MR) is 65.9 cm³/mol. The van der Waals surface area contributed by atoms with Crippen LogP contribution < -0.4 is 0 Å². The number of rotatable bonds is 1. The minimum atomic E-state index is 0.838. The normalized spacial score (nSPS) is 11.2. The van der Waals surface area contributed by atoms with Crippen molar-refractivity contribution in [3.8, 4) is 11.1 Å². The van der Waals surface area contributed by atoms with Crippen molar-refractivity contribution in [1.82, 2.24) is 5.16 Å². The molecule has 86 valence electrons. The third-order valence-corrected chi connectivity index (χ3v) is 3.09. The zero-order chi connectivity index (χ0) is 12.0. The summed E-state index contributed by atoms with van der Waals surface area (Å²) < 4.78 is 10.7. The third kappa shape index (κ3) is 1.46. The highest BCUT2D eigenvalue weighted by molar-refractivity contribution is 5.86. The van der Waals surface area contributed by atoms with Crippen molar-refractivity contribution in [2.24, 2.45) is 0 Å². The molecule has 0 saturated heterocycles. The molecule has 2 heterocycles. The Labute approximate surface area is 99.0 Å². The standard InChI is InChI=1S/C14H13NO2/c1-8-7-16-13-6-11(4-5-12(8)13)14-9(2)15-17-10(14)3/h4-7H,1-3H3. The van der Waals surface area contributed by atoms with E-state index in [2.05, 4.69) is 17.3 Å². The first-order valence-electron chi connectivity index (χ1n) is 5.58. The van der Waals surface area contributed by atoms with Crippen LogP contribution in [0.4, 0.5) is 0 Å². The molecule has 2 aromatic heterocycles. The molecule has 3 rings (SSSR count). The van der Waals surface area contributed by atoms with E-state index in [4.69, 9.17) is 8.94 Å². The van der Waals surface area contributed by atoms with E-state index in [1.54, 1.807) is 6.26 Å². The summed E-state index contributed by atoms with van der Waals surface area (Å²) in [5, 5.41) is 5.13. The van der Waals surface area contributed by atoms with Crippen molar-refractivity contribution in [3.05, 3.63) is 41.5 Å². The van der Waals surface area contributed by atoms with Crippen LogP contribution in [0.3, 0.4) is 0 Å². The smallest absolute Gasteiger partial charge is 0.141 e. The van der Waals surface area contributed by atoms with Crippen LogP contribution in [0.5, 0.6) is 0 Å². The zero-order valence-corrected chi connectivity index (χ0v) is 10.1. The molecule has 0 atom stereocenters. The monoisotopic (exact) mass is 227 g/mol. The van der Waals surface area contributed by atoms with Gasteiger partial charge in [0.05, 0.1) is 12.0 Å². The fourth-order valence-corrected chi connectivity index (χ4v) is 2.21. The molecule has 1 aromatic carbocycles. The number of furan rings is 1. The average Bonchev–Trinajstić information content (AvgIpc) is 2.83. The Morgan fingerprint density at radius 3 is 2.65 bits per heavy atom. The molecular weight excluding hydrogens is 214 g/mol. The van der Waals surface area contributed by atoms with Crippen LogP contribution >= 0.6 is 0 Å². The van der Waals surface area contributed by atoms with Crippen molar-refractivity contribution < 1.29 is 8.94 Å². The minimum absolute atomic E-state index is 0.838. The number of hydrogen-bond donors (Lipinski definition) is 0. The highest BCUT2D eigenvalue weighted by Gasteiger charge is 2.12. The van der Waals surface area contributed by atoms with Crippen LogP contribution in [0.15, 0.2) is 33.4 Å². The van der Waals surface area contributed by atoms with E-state index < -0.39 is 0 Å². The summed E-state index contributed by atoms with van der Waals surface area (Å²) in [5.74, 6) is 0.838. The number of hydrogen-bond acceptors (Lipinski definition) is 3. The summed E-state index contributed by atoms with van der Waals surface area (Å²) in [7, 11) is 0. The molecule has 0 spiro atoms. The summed E-state index contributed by atoms with van der Waals surface area (Å²) in [4.78, 5) is 0. The lowest BCUT2D eigenvalue weighted by Crippen LogP contribution is -1.81. The Bertz CT molecular complexity index is 672. The molecule has 3 heteroatoms. The Morgan fingerprint density at radius 2 is 1.94 bits per heavy atom. The van der Waals surface area contributed by atoms with E-state index in [1.807, 2.05) is 26.8 Å². The molecular formula is C14H13NO2. The summed E-state index contributed by atoms with van der Waals surface area (Å²) >= 11 is 0. The van der Waals surface area contributed by atoms with Crippen LogP contribution in [-0.2, 0) is 0 Å². The first-order chi connectivity index (χ1) is 8.16. The number of aryl methyl sites for hydroxylation is 3. The van der Waals surface area contributed by atoms with Crippen molar-refractivity contribution in [2.75, 3.05) is 0 Å². The van der Waals surface area contributed by atoms with Crippen LogP contribution in [0.25, 0.3) is 22.1 Å². The SMILES string of the molecule is Cc1noc(C)c1-c1ccc2c(C)coc2c1. The number of aromatic nitrogens is 1. The lowest BCUT2D eigenvalue weighted by Gasteiger charge is -2.00. The predicted octanol–water partition coefficient (Wildman–Crippen LogP) is 4.01. The Balaban J connectivity index is 2.25. The molecule has 0 aliphatic rings. The maximum Gasteiger partial charge on any atom is 0.141 e. The van der Waals surface area contributed by atoms with E-state index in [-0.39, 0.29) is 0 Å². The Kier molecular flexibility index (Phi) is 2.08. The molecule has 17 heavy (non-hydrogen) atoms. The maximum absolute atomic E-state index is 5.52. The van der Waals surface area contributed by atoms with Crippen LogP contribution in [0, 0.1) is 20.8 Å². The van der Waals surface area contributed by atoms with Gasteiger partial charge in [-0.15, -0.1) is 0 Å². The van der Waals surface area contributed by atoms with E-state index in [0.29, 0.717) is 0 Å². The molecule has 0 aliphatic heterocycles. The molecule has 0 radical (unpaired) electrons. The number of benzene rings is 1. The van der Waals surface area contributed by atoms with E-state index >= 15 is 0 Å². The first kappa shape index (κ1) is 10.1. The number of fused-ring (bicyclic) bond motifs is 1. The second-order valence-electron chi connectivity index (χ2n) is 4.33. The molecule has 0 unspecified atom stereocenters. The molecule has 0 fully saturated rings. The van der Waals surface area contributed by atoms with Gasteiger partial charge in [-0.05, 0) is 38.0 Å².